The van der Waals surface area contributed by atoms with E-state index in [2.05, 4.69) is 62.3 Å². The third-order valence-corrected chi connectivity index (χ3v) is 5.36. The van der Waals surface area contributed by atoms with Crippen LogP contribution in [0.1, 0.15) is 64.8 Å². The van der Waals surface area contributed by atoms with Gasteiger partial charge in [0, 0.05) is 6.42 Å². The summed E-state index contributed by atoms with van der Waals surface area (Å²) in [5, 5.41) is 4.52. The highest BCUT2D eigenvalue weighted by Crippen LogP contribution is 2.34. The number of nitrogens with zero attached hydrogens (tertiary/aromatic N) is 2. The molecule has 0 bridgehead atoms. The van der Waals surface area contributed by atoms with Gasteiger partial charge in [0.25, 0.3) is 0 Å². The highest BCUT2D eigenvalue weighted by molar-refractivity contribution is 5.98. The van der Waals surface area contributed by atoms with Crippen LogP contribution in [0.15, 0.2) is 54.7 Å². The first-order valence-corrected chi connectivity index (χ1v) is 9.30. The number of hydrogen-bond acceptors (Lipinski definition) is 2. The van der Waals surface area contributed by atoms with Crippen molar-refractivity contribution in [3.63, 3.8) is 0 Å². The van der Waals surface area contributed by atoms with Gasteiger partial charge in [-0.15, -0.1) is 0 Å². The van der Waals surface area contributed by atoms with Crippen molar-refractivity contribution in [1.29, 1.82) is 0 Å². The molecule has 3 heteroatoms. The van der Waals surface area contributed by atoms with E-state index in [1.807, 2.05) is 16.8 Å². The maximum absolute atomic E-state index is 12.7. The van der Waals surface area contributed by atoms with Crippen LogP contribution in [0.2, 0.25) is 0 Å². The van der Waals surface area contributed by atoms with Crippen molar-refractivity contribution < 1.29 is 4.79 Å². The SMILES string of the molecule is Cc1cccc(-n2ncc3c2C[C@H](c2ccc(C(C)C)cc2)CC3=O)c1. The summed E-state index contributed by atoms with van der Waals surface area (Å²) in [4.78, 5) is 12.7. The molecule has 0 spiro atoms. The minimum Gasteiger partial charge on any atom is -0.294 e. The van der Waals surface area contributed by atoms with Crippen molar-refractivity contribution in [3.8, 4) is 5.69 Å². The van der Waals surface area contributed by atoms with Gasteiger partial charge in [-0.05, 0) is 54.0 Å². The number of hydrogen-bond donors (Lipinski definition) is 0. The number of aromatic nitrogens is 2. The Hall–Kier alpha value is -2.68. The van der Waals surface area contributed by atoms with Gasteiger partial charge in [-0.1, -0.05) is 50.2 Å². The summed E-state index contributed by atoms with van der Waals surface area (Å²) in [5.74, 6) is 0.936. The molecule has 4 rings (SSSR count). The molecule has 1 aromatic heterocycles. The minimum atomic E-state index is 0.197. The third-order valence-electron chi connectivity index (χ3n) is 5.36. The molecular weight excluding hydrogens is 320 g/mol. The zero-order chi connectivity index (χ0) is 18.3. The van der Waals surface area contributed by atoms with Crippen LogP contribution in [-0.4, -0.2) is 15.6 Å². The molecule has 1 aliphatic carbocycles. The lowest BCUT2D eigenvalue weighted by Gasteiger charge is -2.23. The van der Waals surface area contributed by atoms with Gasteiger partial charge in [-0.3, -0.25) is 4.79 Å². The smallest absolute Gasteiger partial charge is 0.166 e. The Bertz CT molecular complexity index is 951. The Morgan fingerprint density at radius 3 is 2.54 bits per heavy atom. The lowest BCUT2D eigenvalue weighted by atomic mass is 9.82. The summed E-state index contributed by atoms with van der Waals surface area (Å²) in [6, 6.07) is 17.0. The number of fused-ring (bicyclic) bond motifs is 1. The van der Waals surface area contributed by atoms with Gasteiger partial charge >= 0.3 is 0 Å². The quantitative estimate of drug-likeness (QED) is 0.653. The molecule has 0 saturated heterocycles. The van der Waals surface area contributed by atoms with Crippen LogP contribution < -0.4 is 0 Å². The summed E-state index contributed by atoms with van der Waals surface area (Å²) >= 11 is 0. The normalized spacial score (nSPS) is 16.8. The van der Waals surface area contributed by atoms with E-state index in [9.17, 15) is 4.79 Å². The Balaban J connectivity index is 1.69. The number of benzene rings is 2. The molecule has 0 radical (unpaired) electrons. The molecule has 1 atom stereocenters. The van der Waals surface area contributed by atoms with Gasteiger partial charge < -0.3 is 0 Å². The fraction of sp³-hybridized carbons (Fsp3) is 0.304. The molecule has 3 nitrogen and oxygen atoms in total. The van der Waals surface area contributed by atoms with Crippen LogP contribution in [0, 0.1) is 6.92 Å². The van der Waals surface area contributed by atoms with Crippen molar-refractivity contribution in [2.75, 3.05) is 0 Å². The van der Waals surface area contributed by atoms with Crippen molar-refractivity contribution in [3.05, 3.63) is 82.7 Å². The molecule has 0 amide bonds. The lowest BCUT2D eigenvalue weighted by molar-refractivity contribution is 0.0963. The van der Waals surface area contributed by atoms with E-state index in [0.29, 0.717) is 12.3 Å². The van der Waals surface area contributed by atoms with Gasteiger partial charge in [0.15, 0.2) is 5.78 Å². The predicted octanol–water partition coefficient (Wildman–Crippen LogP) is 5.22. The molecule has 0 N–H and O–H groups in total. The lowest BCUT2D eigenvalue weighted by Crippen LogP contribution is -2.20. The highest BCUT2D eigenvalue weighted by atomic mass is 16.1. The number of Topliss-reactive ketones (excluding diaryl/α,β-unsaturated/α-hetero) is 1. The van der Waals surface area contributed by atoms with Crippen molar-refractivity contribution >= 4 is 5.78 Å². The van der Waals surface area contributed by atoms with E-state index in [1.165, 1.54) is 16.7 Å². The second-order valence-electron chi connectivity index (χ2n) is 7.61. The molecule has 1 aliphatic rings. The monoisotopic (exact) mass is 344 g/mol. The van der Waals surface area contributed by atoms with E-state index >= 15 is 0 Å². The van der Waals surface area contributed by atoms with Crippen LogP contribution in [0.4, 0.5) is 0 Å². The Kier molecular flexibility index (Phi) is 4.23. The summed E-state index contributed by atoms with van der Waals surface area (Å²) < 4.78 is 1.94. The third kappa shape index (κ3) is 2.98. The highest BCUT2D eigenvalue weighted by Gasteiger charge is 2.30. The molecule has 2 aromatic carbocycles. The molecular formula is C23H24N2O. The van der Waals surface area contributed by atoms with Crippen molar-refractivity contribution in [2.24, 2.45) is 0 Å². The largest absolute Gasteiger partial charge is 0.294 e. The summed E-state index contributed by atoms with van der Waals surface area (Å²) in [6.07, 6.45) is 3.14. The van der Waals surface area contributed by atoms with Gasteiger partial charge in [0.1, 0.15) is 0 Å². The van der Waals surface area contributed by atoms with Gasteiger partial charge in [-0.25, -0.2) is 4.68 Å². The van der Waals surface area contributed by atoms with Crippen LogP contribution in [0.3, 0.4) is 0 Å². The fourth-order valence-electron chi connectivity index (χ4n) is 3.81. The number of aryl methyl sites for hydroxylation is 1. The first-order chi connectivity index (χ1) is 12.5. The Morgan fingerprint density at radius 1 is 1.08 bits per heavy atom. The Morgan fingerprint density at radius 2 is 1.85 bits per heavy atom. The minimum absolute atomic E-state index is 0.197. The first-order valence-electron chi connectivity index (χ1n) is 9.30. The van der Waals surface area contributed by atoms with Crippen LogP contribution in [-0.2, 0) is 6.42 Å². The molecule has 0 fully saturated rings. The van der Waals surface area contributed by atoms with Gasteiger partial charge in [-0.2, -0.15) is 5.10 Å². The second kappa shape index (κ2) is 6.56. The molecule has 1 heterocycles. The zero-order valence-electron chi connectivity index (χ0n) is 15.6. The predicted molar refractivity (Wildman–Crippen MR) is 104 cm³/mol. The second-order valence-corrected chi connectivity index (χ2v) is 7.61. The Labute approximate surface area is 154 Å². The number of rotatable bonds is 3. The number of carbonyl (C=O) groups excluding carboxylic acids is 1. The van der Waals surface area contributed by atoms with Crippen molar-refractivity contribution in [1.82, 2.24) is 9.78 Å². The van der Waals surface area contributed by atoms with Crippen LogP contribution in [0.5, 0.6) is 0 Å². The maximum atomic E-state index is 12.7. The maximum Gasteiger partial charge on any atom is 0.166 e. The number of carbonyl (C=O) groups is 1. The van der Waals surface area contributed by atoms with E-state index in [4.69, 9.17) is 0 Å². The molecule has 0 saturated carbocycles. The molecule has 132 valence electrons. The zero-order valence-corrected chi connectivity index (χ0v) is 15.6. The average Bonchev–Trinajstić information content (AvgIpc) is 3.06. The van der Waals surface area contributed by atoms with Crippen molar-refractivity contribution in [2.45, 2.75) is 45.4 Å². The van der Waals surface area contributed by atoms with E-state index in [-0.39, 0.29) is 11.7 Å². The summed E-state index contributed by atoms with van der Waals surface area (Å²) in [7, 11) is 0. The van der Waals surface area contributed by atoms with E-state index in [1.54, 1.807) is 6.20 Å². The molecule has 0 unspecified atom stereocenters. The van der Waals surface area contributed by atoms with E-state index < -0.39 is 0 Å². The summed E-state index contributed by atoms with van der Waals surface area (Å²) in [5.41, 5.74) is 6.60. The molecule has 0 aliphatic heterocycles. The fourth-order valence-corrected chi connectivity index (χ4v) is 3.81. The number of ketones is 1. The van der Waals surface area contributed by atoms with Crippen LogP contribution >= 0.6 is 0 Å². The van der Waals surface area contributed by atoms with Gasteiger partial charge in [0.05, 0.1) is 23.1 Å². The molecule has 3 aromatic rings. The van der Waals surface area contributed by atoms with Crippen LogP contribution in [0.25, 0.3) is 5.69 Å². The first kappa shape index (κ1) is 16.8. The van der Waals surface area contributed by atoms with Gasteiger partial charge in [0.2, 0.25) is 0 Å². The molecule has 26 heavy (non-hydrogen) atoms. The topological polar surface area (TPSA) is 34.9 Å². The summed E-state index contributed by atoms with van der Waals surface area (Å²) in [6.45, 7) is 6.47. The standard InChI is InChI=1S/C23H24N2O/c1-15(2)17-7-9-18(10-8-17)19-12-22-21(23(26)13-19)14-24-25(22)20-6-4-5-16(3)11-20/h4-11,14-15,19H,12-13H2,1-3H3/t19-/m0/s1. The average molecular weight is 344 g/mol. The van der Waals surface area contributed by atoms with E-state index in [0.717, 1.165) is 23.4 Å².